The first-order valence-electron chi connectivity index (χ1n) is 20.2. The summed E-state index contributed by atoms with van der Waals surface area (Å²) in [7, 11) is -4.19. The summed E-state index contributed by atoms with van der Waals surface area (Å²) in [4.78, 5) is 61.7. The molecule has 1 aromatic carbocycles. The van der Waals surface area contributed by atoms with Gasteiger partial charge in [-0.25, -0.2) is 22.6 Å². The van der Waals surface area contributed by atoms with Crippen molar-refractivity contribution in [3.63, 3.8) is 0 Å². The minimum atomic E-state index is -4.36. The molecule has 6 rings (SSSR count). The van der Waals surface area contributed by atoms with Crippen LogP contribution in [0.25, 0.3) is 10.8 Å². The number of pyridine rings is 1. The summed E-state index contributed by atoms with van der Waals surface area (Å²) >= 11 is 0. The van der Waals surface area contributed by atoms with Crippen LogP contribution in [0.15, 0.2) is 36.5 Å². The zero-order chi connectivity index (χ0) is 43.5. The van der Waals surface area contributed by atoms with Crippen LogP contribution in [0.2, 0.25) is 0 Å². The number of hydrogen-bond donors (Lipinski definition) is 3. The summed E-state index contributed by atoms with van der Waals surface area (Å²) in [5.41, 5.74) is -4.62. The maximum atomic E-state index is 17.6. The van der Waals surface area contributed by atoms with Crippen molar-refractivity contribution in [3.05, 3.63) is 42.4 Å². The van der Waals surface area contributed by atoms with Crippen molar-refractivity contribution in [2.45, 2.75) is 140 Å². The third kappa shape index (κ3) is 7.92. The van der Waals surface area contributed by atoms with Crippen LogP contribution in [-0.2, 0) is 24.4 Å². The number of nitrogens with zero attached hydrogens (tertiary/aromatic N) is 3. The number of carbonyl (C=O) groups excluding carboxylic acids is 3. The zero-order valence-corrected chi connectivity index (χ0v) is 35.2. The molecule has 0 spiro atoms. The number of fused-ring (bicyclic) bond motifs is 3. The number of carboxylic acid groups (broad SMARTS) is 1. The van der Waals surface area contributed by atoms with E-state index in [9.17, 15) is 27.9 Å². The van der Waals surface area contributed by atoms with Crippen molar-refractivity contribution >= 4 is 44.6 Å². The van der Waals surface area contributed by atoms with E-state index in [1.807, 2.05) is 13.0 Å². The molecule has 324 valence electrons. The minimum absolute atomic E-state index is 0.00572. The van der Waals surface area contributed by atoms with Crippen molar-refractivity contribution in [1.82, 2.24) is 24.8 Å². The average molecular weight is 850 g/mol. The molecule has 2 saturated carbocycles. The summed E-state index contributed by atoms with van der Waals surface area (Å²) in [6.07, 6.45) is 4.49. The van der Waals surface area contributed by atoms with E-state index in [0.717, 1.165) is 17.9 Å². The van der Waals surface area contributed by atoms with Crippen molar-refractivity contribution in [2.75, 3.05) is 6.61 Å². The molecular weight excluding hydrogens is 796 g/mol. The van der Waals surface area contributed by atoms with E-state index in [0.29, 0.717) is 31.1 Å². The first kappa shape index (κ1) is 44.0. The lowest BCUT2D eigenvalue weighted by molar-refractivity contribution is -0.219. The van der Waals surface area contributed by atoms with Crippen LogP contribution < -0.4 is 19.5 Å². The highest BCUT2D eigenvalue weighted by atomic mass is 32.2. The van der Waals surface area contributed by atoms with Gasteiger partial charge in [0.25, 0.3) is 11.8 Å². The summed E-state index contributed by atoms with van der Waals surface area (Å²) in [6.45, 7) is 11.0. The number of halogens is 3. The molecule has 14 nitrogen and oxygen atoms in total. The molecular formula is C41H54F3N5O9S. The van der Waals surface area contributed by atoms with Crippen molar-refractivity contribution in [2.24, 2.45) is 17.8 Å². The number of sulfonamides is 1. The summed E-state index contributed by atoms with van der Waals surface area (Å²) in [5.74, 6) is -6.59. The Labute approximate surface area is 342 Å². The van der Waals surface area contributed by atoms with E-state index in [1.165, 1.54) is 25.3 Å². The Balaban J connectivity index is 1.48. The number of carbonyl (C=O) groups is 4. The molecule has 0 bridgehead atoms. The fourth-order valence-electron chi connectivity index (χ4n) is 8.49. The molecule has 3 heterocycles. The smallest absolute Gasteiger partial charge is 0.408 e. The molecule has 8 atom stereocenters. The van der Waals surface area contributed by atoms with Gasteiger partial charge in [-0.1, -0.05) is 32.9 Å². The molecule has 4 amide bonds. The second-order valence-electron chi connectivity index (χ2n) is 17.2. The Morgan fingerprint density at radius 1 is 1.15 bits per heavy atom. The van der Waals surface area contributed by atoms with Gasteiger partial charge in [0.15, 0.2) is 17.2 Å². The van der Waals surface area contributed by atoms with Gasteiger partial charge < -0.3 is 19.9 Å². The summed E-state index contributed by atoms with van der Waals surface area (Å²) in [5, 5.41) is 13.4. The van der Waals surface area contributed by atoms with Crippen LogP contribution in [0, 0.1) is 23.6 Å². The molecule has 1 aromatic heterocycles. The number of ether oxygens (including phenoxy) is 2. The molecule has 3 N–H and O–H groups in total. The topological polar surface area (TPSA) is 185 Å². The maximum absolute atomic E-state index is 17.6. The number of aromatic nitrogens is 1. The number of rotatable bonds is 10. The zero-order valence-electron chi connectivity index (χ0n) is 34.4. The predicted octanol–water partition coefficient (Wildman–Crippen LogP) is 6.14. The lowest BCUT2D eigenvalue weighted by Crippen LogP contribution is -2.64. The first-order chi connectivity index (χ1) is 27.6. The molecule has 2 aromatic rings. The number of benzene rings is 1. The summed E-state index contributed by atoms with van der Waals surface area (Å²) < 4.78 is 89.2. The number of amides is 4. The Morgan fingerprint density at radius 2 is 1.85 bits per heavy atom. The molecule has 18 heteroatoms. The molecule has 2 aliphatic carbocycles. The predicted molar refractivity (Wildman–Crippen MR) is 211 cm³/mol. The van der Waals surface area contributed by atoms with Gasteiger partial charge in [0.1, 0.15) is 17.6 Å². The minimum Gasteiger partial charge on any atom is -0.491 e. The highest BCUT2D eigenvalue weighted by Crippen LogP contribution is 2.51. The maximum Gasteiger partial charge on any atom is 0.408 e. The quantitative estimate of drug-likeness (QED) is 0.186. The lowest BCUT2D eigenvalue weighted by Gasteiger charge is -2.42. The van der Waals surface area contributed by atoms with Crippen LogP contribution >= 0.6 is 0 Å². The number of nitrogens with one attached hydrogen (secondary N) is 2. The highest BCUT2D eigenvalue weighted by Gasteiger charge is 2.71. The van der Waals surface area contributed by atoms with Crippen LogP contribution in [0.5, 0.6) is 11.6 Å². The third-order valence-electron chi connectivity index (χ3n) is 12.7. The number of alkyl halides is 2. The Kier molecular flexibility index (Phi) is 11.8. The van der Waals surface area contributed by atoms with E-state index < -0.39 is 104 Å². The molecule has 0 radical (unpaired) electrons. The fraction of sp³-hybridized carbons (Fsp3) is 0.634. The van der Waals surface area contributed by atoms with E-state index in [1.54, 1.807) is 33.8 Å². The van der Waals surface area contributed by atoms with Crippen LogP contribution in [0.1, 0.15) is 99.8 Å². The monoisotopic (exact) mass is 849 g/mol. The third-order valence-corrected chi connectivity index (χ3v) is 14.9. The van der Waals surface area contributed by atoms with Gasteiger partial charge in [0.05, 0.1) is 11.4 Å². The van der Waals surface area contributed by atoms with E-state index in [-0.39, 0.29) is 47.8 Å². The SMILES string of the molecule is CCOc1cc2ccnc(O[C@]3(C)C[C@H]4C(=O)N[C@]5(C(=O)NS(=O)(=O)C6(C)CC6)C[C@H]5/C=C\CC[C@@H](C)C[C@@H](C)[C@H](N(C(=O)O)C(C)CC)C(=O)N4C3(F)F)c2cc1F. The Morgan fingerprint density at radius 3 is 2.47 bits per heavy atom. The van der Waals surface area contributed by atoms with Crippen molar-refractivity contribution in [1.29, 1.82) is 0 Å². The second kappa shape index (κ2) is 15.8. The Bertz CT molecular complexity index is 2150. The van der Waals surface area contributed by atoms with E-state index in [2.05, 4.69) is 15.0 Å². The van der Waals surface area contributed by atoms with E-state index >= 15 is 18.0 Å². The van der Waals surface area contributed by atoms with Crippen LogP contribution in [0.4, 0.5) is 18.0 Å². The Hall–Kier alpha value is -4.61. The number of hydrogen-bond acceptors (Lipinski definition) is 9. The average Bonchev–Trinajstić information content (AvgIpc) is 4.06. The largest absolute Gasteiger partial charge is 0.491 e. The van der Waals surface area contributed by atoms with Gasteiger partial charge >= 0.3 is 12.1 Å². The van der Waals surface area contributed by atoms with Gasteiger partial charge in [-0.2, -0.15) is 8.78 Å². The van der Waals surface area contributed by atoms with Crippen molar-refractivity contribution in [3.8, 4) is 11.6 Å². The molecule has 59 heavy (non-hydrogen) atoms. The fourth-order valence-corrected chi connectivity index (χ4v) is 9.80. The molecule has 1 unspecified atom stereocenters. The van der Waals surface area contributed by atoms with Crippen LogP contribution in [0.3, 0.4) is 0 Å². The standard InChI is InChI=1S/C41H54F3N5O9S/c1-8-25(5)48(37(53)54)32-24(4)18-23(3)12-10-11-13-27-21-40(27,36(52)47-59(55,56)38(6)15-16-38)46-33(50)30-22-39(7,41(43,44)49(30)35(32)51)58-34-28-20-29(42)31(57-9-2)19-26(28)14-17-45-34/h11,13-14,17,19-20,23-25,27,30,32H,8-10,12,15-16,18,21-22H2,1-7H3,(H,46,50)(H,47,52)(H,53,54)/b13-11-/t23-,24-,25?,27-,30+,32+,39-,40-/m1/s1. The molecule has 3 fully saturated rings. The van der Waals surface area contributed by atoms with Gasteiger partial charge in [0.2, 0.25) is 21.8 Å². The van der Waals surface area contributed by atoms with Gasteiger partial charge in [0, 0.05) is 30.0 Å². The van der Waals surface area contributed by atoms with Crippen molar-refractivity contribution < 1.29 is 55.3 Å². The first-order valence-corrected chi connectivity index (χ1v) is 21.7. The lowest BCUT2D eigenvalue weighted by atomic mass is 9.86. The van der Waals surface area contributed by atoms with Gasteiger partial charge in [-0.15, -0.1) is 0 Å². The van der Waals surface area contributed by atoms with Gasteiger partial charge in [-0.3, -0.25) is 28.9 Å². The van der Waals surface area contributed by atoms with Crippen LogP contribution in [-0.4, -0.2) is 98.8 Å². The highest BCUT2D eigenvalue weighted by molar-refractivity contribution is 7.91. The van der Waals surface area contributed by atoms with E-state index in [4.69, 9.17) is 9.47 Å². The van der Waals surface area contributed by atoms with Gasteiger partial charge in [-0.05, 0) is 108 Å². The summed E-state index contributed by atoms with van der Waals surface area (Å²) in [6, 6.07) is -5.05. The molecule has 1 saturated heterocycles. The number of allylic oxidation sites excluding steroid dienone is 1. The molecule has 4 aliphatic rings. The second-order valence-corrected chi connectivity index (χ2v) is 19.4. The molecule has 2 aliphatic heterocycles. The normalized spacial score (nSPS) is 31.4.